The maximum atomic E-state index is 13.4. The van der Waals surface area contributed by atoms with Gasteiger partial charge >= 0.3 is 5.97 Å². The molecule has 0 atom stereocenters. The summed E-state index contributed by atoms with van der Waals surface area (Å²) in [4.78, 5) is 23.8. The fraction of sp³-hybridized carbons (Fsp3) is 0.391. The van der Waals surface area contributed by atoms with Crippen LogP contribution in [0.2, 0.25) is 0 Å². The van der Waals surface area contributed by atoms with Gasteiger partial charge in [-0.2, -0.15) is 4.31 Å². The number of hydrogen-bond donors (Lipinski definition) is 1. The van der Waals surface area contributed by atoms with Gasteiger partial charge in [-0.15, -0.1) is 0 Å². The molecule has 33 heavy (non-hydrogen) atoms. The summed E-state index contributed by atoms with van der Waals surface area (Å²) in [6, 6.07) is 12.3. The van der Waals surface area contributed by atoms with E-state index in [1.807, 2.05) is 30.3 Å². The van der Waals surface area contributed by atoms with Crippen molar-refractivity contribution in [3.05, 3.63) is 65.7 Å². The minimum atomic E-state index is -4.00. The fourth-order valence-electron chi connectivity index (χ4n) is 3.59. The molecule has 7 nitrogen and oxygen atoms in total. The van der Waals surface area contributed by atoms with Crippen LogP contribution in [0.1, 0.15) is 24.8 Å². The Kier molecular flexibility index (Phi) is 8.51. The highest BCUT2D eigenvalue weighted by atomic mass is 32.2. The van der Waals surface area contributed by atoms with Crippen molar-refractivity contribution < 1.29 is 31.5 Å². The second-order valence-corrected chi connectivity index (χ2v) is 9.74. The third-order valence-electron chi connectivity index (χ3n) is 5.47. The van der Waals surface area contributed by atoms with Crippen LogP contribution in [-0.4, -0.2) is 50.8 Å². The number of ether oxygens (including phenoxy) is 1. The van der Waals surface area contributed by atoms with Crippen LogP contribution < -0.4 is 5.32 Å². The van der Waals surface area contributed by atoms with E-state index in [-0.39, 0.29) is 30.8 Å². The van der Waals surface area contributed by atoms with Gasteiger partial charge in [-0.05, 0) is 49.4 Å². The van der Waals surface area contributed by atoms with E-state index < -0.39 is 46.1 Å². The summed E-state index contributed by atoms with van der Waals surface area (Å²) in [6.45, 7) is 0.141. The summed E-state index contributed by atoms with van der Waals surface area (Å²) < 4.78 is 58.0. The van der Waals surface area contributed by atoms with Crippen LogP contribution in [-0.2, 0) is 30.8 Å². The van der Waals surface area contributed by atoms with E-state index >= 15 is 0 Å². The van der Waals surface area contributed by atoms with E-state index in [2.05, 4.69) is 5.32 Å². The first-order valence-electron chi connectivity index (χ1n) is 10.7. The lowest BCUT2D eigenvalue weighted by Gasteiger charge is -2.30. The molecule has 0 aromatic heterocycles. The highest BCUT2D eigenvalue weighted by Gasteiger charge is 2.33. The van der Waals surface area contributed by atoms with Gasteiger partial charge in [0.1, 0.15) is 0 Å². The van der Waals surface area contributed by atoms with Crippen molar-refractivity contribution >= 4 is 21.9 Å². The largest absolute Gasteiger partial charge is 0.455 e. The second-order valence-electron chi connectivity index (χ2n) is 7.80. The summed E-state index contributed by atoms with van der Waals surface area (Å²) in [5.41, 5.74) is 1.18. The molecule has 1 aliphatic heterocycles. The Morgan fingerprint density at radius 3 is 2.39 bits per heavy atom. The minimum absolute atomic E-state index is 0.0345. The molecule has 1 fully saturated rings. The van der Waals surface area contributed by atoms with Crippen LogP contribution in [0, 0.1) is 17.6 Å². The summed E-state index contributed by atoms with van der Waals surface area (Å²) >= 11 is 0. The topological polar surface area (TPSA) is 92.8 Å². The Balaban J connectivity index is 1.38. The summed E-state index contributed by atoms with van der Waals surface area (Å²) in [7, 11) is -4.00. The van der Waals surface area contributed by atoms with Crippen molar-refractivity contribution in [2.45, 2.75) is 30.6 Å². The average molecular weight is 481 g/mol. The first-order valence-corrected chi connectivity index (χ1v) is 12.1. The number of benzene rings is 2. The SMILES string of the molecule is O=C(COC(=O)C1CCN(S(=O)(=O)c2ccc(F)c(F)c2)CC1)NCCCc1ccccc1. The molecule has 3 rings (SSSR count). The summed E-state index contributed by atoms with van der Waals surface area (Å²) in [6.07, 6.45) is 2.00. The molecule has 1 saturated heterocycles. The Hall–Kier alpha value is -2.85. The van der Waals surface area contributed by atoms with Crippen molar-refractivity contribution in [2.75, 3.05) is 26.2 Å². The van der Waals surface area contributed by atoms with Crippen LogP contribution >= 0.6 is 0 Å². The number of halogens is 2. The number of rotatable bonds is 9. The van der Waals surface area contributed by atoms with Crippen molar-refractivity contribution in [1.82, 2.24) is 9.62 Å². The molecule has 1 amide bonds. The fourth-order valence-corrected chi connectivity index (χ4v) is 5.07. The predicted molar refractivity (Wildman–Crippen MR) is 117 cm³/mol. The number of sulfonamides is 1. The normalized spacial score (nSPS) is 15.2. The molecule has 0 bridgehead atoms. The highest BCUT2D eigenvalue weighted by Crippen LogP contribution is 2.25. The first kappa shape index (κ1) is 24.8. The van der Waals surface area contributed by atoms with Crippen LogP contribution in [0.5, 0.6) is 0 Å². The Morgan fingerprint density at radius 2 is 1.73 bits per heavy atom. The molecule has 0 radical (unpaired) electrons. The van der Waals surface area contributed by atoms with Crippen LogP contribution in [0.3, 0.4) is 0 Å². The van der Waals surface area contributed by atoms with E-state index in [1.54, 1.807) is 0 Å². The summed E-state index contributed by atoms with van der Waals surface area (Å²) in [5.74, 6) is -3.86. The van der Waals surface area contributed by atoms with Gasteiger partial charge < -0.3 is 10.1 Å². The zero-order valence-electron chi connectivity index (χ0n) is 18.0. The molecule has 2 aromatic carbocycles. The number of amides is 1. The molecule has 0 saturated carbocycles. The highest BCUT2D eigenvalue weighted by molar-refractivity contribution is 7.89. The molecule has 1 N–H and O–H groups in total. The van der Waals surface area contributed by atoms with Crippen LogP contribution in [0.25, 0.3) is 0 Å². The molecular weight excluding hydrogens is 454 g/mol. The molecule has 0 aliphatic carbocycles. The number of esters is 1. The average Bonchev–Trinajstić information content (AvgIpc) is 2.82. The molecule has 1 aliphatic rings. The van der Waals surface area contributed by atoms with Gasteiger partial charge in [0.2, 0.25) is 10.0 Å². The monoisotopic (exact) mass is 480 g/mol. The molecule has 2 aromatic rings. The molecule has 178 valence electrons. The zero-order chi connectivity index (χ0) is 23.8. The van der Waals surface area contributed by atoms with Gasteiger partial charge in [0.25, 0.3) is 5.91 Å². The van der Waals surface area contributed by atoms with Gasteiger partial charge in [-0.1, -0.05) is 30.3 Å². The lowest BCUT2D eigenvalue weighted by atomic mass is 9.98. The maximum Gasteiger partial charge on any atom is 0.309 e. The minimum Gasteiger partial charge on any atom is -0.455 e. The molecule has 1 heterocycles. The van der Waals surface area contributed by atoms with E-state index in [0.717, 1.165) is 29.3 Å². The molecule has 10 heteroatoms. The number of carbonyl (C=O) groups excluding carboxylic acids is 2. The summed E-state index contributed by atoms with van der Waals surface area (Å²) in [5, 5.41) is 2.70. The molecule has 0 spiro atoms. The number of nitrogens with one attached hydrogen (secondary N) is 1. The van der Waals surface area contributed by atoms with Crippen molar-refractivity contribution in [2.24, 2.45) is 5.92 Å². The lowest BCUT2D eigenvalue weighted by Crippen LogP contribution is -2.41. The second kappa shape index (κ2) is 11.3. The Bertz CT molecular complexity index is 1070. The van der Waals surface area contributed by atoms with Crippen LogP contribution in [0.15, 0.2) is 53.4 Å². The van der Waals surface area contributed by atoms with Crippen molar-refractivity contribution in [3.63, 3.8) is 0 Å². The van der Waals surface area contributed by atoms with Gasteiger partial charge in [-0.3, -0.25) is 9.59 Å². The Labute approximate surface area is 191 Å². The Morgan fingerprint density at radius 1 is 1.03 bits per heavy atom. The number of hydrogen-bond acceptors (Lipinski definition) is 5. The molecular formula is C23H26F2N2O5S. The van der Waals surface area contributed by atoms with E-state index in [0.29, 0.717) is 12.6 Å². The predicted octanol–water partition coefficient (Wildman–Crippen LogP) is 2.66. The van der Waals surface area contributed by atoms with Gasteiger partial charge in [0.15, 0.2) is 18.2 Å². The quantitative estimate of drug-likeness (QED) is 0.440. The van der Waals surface area contributed by atoms with Crippen molar-refractivity contribution in [3.8, 4) is 0 Å². The van der Waals surface area contributed by atoms with Gasteiger partial charge in [-0.25, -0.2) is 17.2 Å². The third-order valence-corrected chi connectivity index (χ3v) is 7.36. The van der Waals surface area contributed by atoms with E-state index in [4.69, 9.17) is 4.74 Å². The van der Waals surface area contributed by atoms with Gasteiger partial charge in [0.05, 0.1) is 10.8 Å². The zero-order valence-corrected chi connectivity index (χ0v) is 18.8. The number of nitrogens with zero attached hydrogens (tertiary/aromatic N) is 1. The molecule has 0 unspecified atom stereocenters. The van der Waals surface area contributed by atoms with E-state index in [1.165, 1.54) is 5.56 Å². The first-order chi connectivity index (χ1) is 15.8. The maximum absolute atomic E-state index is 13.4. The number of carbonyl (C=O) groups is 2. The number of aryl methyl sites for hydroxylation is 1. The third kappa shape index (κ3) is 6.82. The van der Waals surface area contributed by atoms with Crippen LogP contribution in [0.4, 0.5) is 8.78 Å². The lowest BCUT2D eigenvalue weighted by molar-refractivity contribution is -0.153. The van der Waals surface area contributed by atoms with E-state index in [9.17, 15) is 26.8 Å². The number of piperidine rings is 1. The standard InChI is InChI=1S/C23H26F2N2O5S/c24-20-9-8-19(15-21(20)25)33(30,31)27-13-10-18(11-14-27)23(29)32-16-22(28)26-12-4-7-17-5-2-1-3-6-17/h1-3,5-6,8-9,15,18H,4,7,10-14,16H2,(H,26,28). The van der Waals surface area contributed by atoms with Gasteiger partial charge in [0, 0.05) is 19.6 Å². The van der Waals surface area contributed by atoms with Crippen molar-refractivity contribution in [1.29, 1.82) is 0 Å². The smallest absolute Gasteiger partial charge is 0.309 e.